The summed E-state index contributed by atoms with van der Waals surface area (Å²) in [6, 6.07) is 0.989. The van der Waals surface area contributed by atoms with Crippen LogP contribution in [0.2, 0.25) is 0 Å². The largest absolute Gasteiger partial charge is 0.314 e. The Morgan fingerprint density at radius 2 is 2.36 bits per heavy atom. The summed E-state index contributed by atoms with van der Waals surface area (Å²) in [5.41, 5.74) is 0. The van der Waals surface area contributed by atoms with Crippen LogP contribution in [0.1, 0.15) is 33.1 Å². The van der Waals surface area contributed by atoms with Crippen LogP contribution in [0, 0.1) is 12.3 Å². The van der Waals surface area contributed by atoms with Crippen molar-refractivity contribution in [1.82, 2.24) is 10.2 Å². The molecular formula is C12H22N2. The van der Waals surface area contributed by atoms with Gasteiger partial charge in [-0.2, -0.15) is 0 Å². The fourth-order valence-electron chi connectivity index (χ4n) is 2.18. The summed E-state index contributed by atoms with van der Waals surface area (Å²) in [5.74, 6) is 2.94. The standard InChI is InChI=1S/C12H22N2/c1-4-7-11(5-2)14-9-8-13-10-12(14)6-3/h2,11-13H,4,6-10H2,1,3H3. The van der Waals surface area contributed by atoms with Crippen molar-refractivity contribution in [2.45, 2.75) is 45.2 Å². The van der Waals surface area contributed by atoms with Crippen molar-refractivity contribution >= 4 is 0 Å². The van der Waals surface area contributed by atoms with E-state index in [0.29, 0.717) is 12.1 Å². The second-order valence-electron chi connectivity index (χ2n) is 3.98. The highest BCUT2D eigenvalue weighted by Gasteiger charge is 2.25. The fraction of sp³-hybridized carbons (Fsp3) is 0.833. The maximum absolute atomic E-state index is 5.59. The SMILES string of the molecule is C#CC(CCC)N1CCNCC1CC. The van der Waals surface area contributed by atoms with Gasteiger partial charge in [-0.25, -0.2) is 0 Å². The van der Waals surface area contributed by atoms with Crippen LogP contribution in [-0.4, -0.2) is 36.6 Å². The monoisotopic (exact) mass is 194 g/mol. The average molecular weight is 194 g/mol. The molecule has 0 aromatic rings. The van der Waals surface area contributed by atoms with Gasteiger partial charge in [0, 0.05) is 25.7 Å². The highest BCUT2D eigenvalue weighted by Crippen LogP contribution is 2.14. The Labute approximate surface area is 88.1 Å². The third-order valence-corrected chi connectivity index (χ3v) is 3.02. The van der Waals surface area contributed by atoms with E-state index in [-0.39, 0.29) is 0 Å². The van der Waals surface area contributed by atoms with E-state index < -0.39 is 0 Å². The number of hydrogen-bond donors (Lipinski definition) is 1. The molecule has 80 valence electrons. The van der Waals surface area contributed by atoms with Crippen molar-refractivity contribution in [3.05, 3.63) is 0 Å². The van der Waals surface area contributed by atoms with Gasteiger partial charge in [-0.05, 0) is 12.8 Å². The van der Waals surface area contributed by atoms with E-state index in [9.17, 15) is 0 Å². The number of nitrogens with one attached hydrogen (secondary N) is 1. The second kappa shape index (κ2) is 6.06. The molecule has 0 aromatic heterocycles. The van der Waals surface area contributed by atoms with E-state index in [4.69, 9.17) is 6.42 Å². The predicted molar refractivity (Wildman–Crippen MR) is 61.2 cm³/mol. The zero-order chi connectivity index (χ0) is 10.4. The van der Waals surface area contributed by atoms with Gasteiger partial charge in [0.2, 0.25) is 0 Å². The normalized spacial score (nSPS) is 25.6. The van der Waals surface area contributed by atoms with Crippen LogP contribution in [0.3, 0.4) is 0 Å². The van der Waals surface area contributed by atoms with Gasteiger partial charge < -0.3 is 5.32 Å². The van der Waals surface area contributed by atoms with Gasteiger partial charge >= 0.3 is 0 Å². The lowest BCUT2D eigenvalue weighted by atomic mass is 10.0. The first-order chi connectivity index (χ1) is 6.83. The van der Waals surface area contributed by atoms with Crippen molar-refractivity contribution in [2.75, 3.05) is 19.6 Å². The Morgan fingerprint density at radius 1 is 1.57 bits per heavy atom. The number of terminal acetylenes is 1. The molecular weight excluding hydrogens is 172 g/mol. The van der Waals surface area contributed by atoms with Gasteiger partial charge in [-0.3, -0.25) is 4.90 Å². The molecule has 0 amide bonds. The first-order valence-electron chi connectivity index (χ1n) is 5.76. The molecule has 0 aliphatic carbocycles. The van der Waals surface area contributed by atoms with Crippen LogP contribution in [-0.2, 0) is 0 Å². The molecule has 2 unspecified atom stereocenters. The molecule has 0 spiro atoms. The summed E-state index contributed by atoms with van der Waals surface area (Å²) in [6.45, 7) is 7.72. The minimum Gasteiger partial charge on any atom is -0.314 e. The van der Waals surface area contributed by atoms with Gasteiger partial charge in [0.05, 0.1) is 6.04 Å². The Bertz CT molecular complexity index is 195. The predicted octanol–water partition coefficient (Wildman–Crippen LogP) is 1.47. The molecule has 0 radical (unpaired) electrons. The molecule has 1 saturated heterocycles. The third-order valence-electron chi connectivity index (χ3n) is 3.02. The summed E-state index contributed by atoms with van der Waals surface area (Å²) in [6.07, 6.45) is 9.09. The summed E-state index contributed by atoms with van der Waals surface area (Å²) in [7, 11) is 0. The smallest absolute Gasteiger partial charge is 0.0715 e. The lowest BCUT2D eigenvalue weighted by Gasteiger charge is -2.39. The molecule has 14 heavy (non-hydrogen) atoms. The average Bonchev–Trinajstić information content (AvgIpc) is 2.26. The minimum absolute atomic E-state index is 0.354. The van der Waals surface area contributed by atoms with Gasteiger partial charge in [-0.15, -0.1) is 6.42 Å². The van der Waals surface area contributed by atoms with Gasteiger partial charge in [0.25, 0.3) is 0 Å². The summed E-state index contributed by atoms with van der Waals surface area (Å²) in [5, 5.41) is 3.43. The topological polar surface area (TPSA) is 15.3 Å². The van der Waals surface area contributed by atoms with Crippen LogP contribution in [0.25, 0.3) is 0 Å². The molecule has 2 heteroatoms. The minimum atomic E-state index is 0.354. The van der Waals surface area contributed by atoms with Crippen molar-refractivity contribution < 1.29 is 0 Å². The maximum Gasteiger partial charge on any atom is 0.0715 e. The number of nitrogens with zero attached hydrogens (tertiary/aromatic N) is 1. The first kappa shape index (κ1) is 11.6. The number of hydrogen-bond acceptors (Lipinski definition) is 2. The van der Waals surface area contributed by atoms with E-state index >= 15 is 0 Å². The van der Waals surface area contributed by atoms with Crippen molar-refractivity contribution in [3.8, 4) is 12.3 Å². The second-order valence-corrected chi connectivity index (χ2v) is 3.98. The molecule has 0 aromatic carbocycles. The third kappa shape index (κ3) is 2.73. The molecule has 2 nitrogen and oxygen atoms in total. The Morgan fingerprint density at radius 3 is 2.93 bits per heavy atom. The van der Waals surface area contributed by atoms with E-state index in [1.54, 1.807) is 0 Å². The Kier molecular flexibility index (Phi) is 5.00. The molecule has 1 heterocycles. The number of rotatable bonds is 4. The zero-order valence-corrected chi connectivity index (χ0v) is 9.42. The molecule has 1 rings (SSSR count). The molecule has 1 aliphatic rings. The van der Waals surface area contributed by atoms with Crippen molar-refractivity contribution in [1.29, 1.82) is 0 Å². The molecule has 1 fully saturated rings. The van der Waals surface area contributed by atoms with Gasteiger partial charge in [-0.1, -0.05) is 26.2 Å². The fourth-order valence-corrected chi connectivity index (χ4v) is 2.18. The van der Waals surface area contributed by atoms with E-state index in [0.717, 1.165) is 26.1 Å². The molecule has 0 bridgehead atoms. The highest BCUT2D eigenvalue weighted by atomic mass is 15.2. The van der Waals surface area contributed by atoms with Crippen molar-refractivity contribution in [2.24, 2.45) is 0 Å². The molecule has 1 aliphatic heterocycles. The molecule has 2 atom stereocenters. The highest BCUT2D eigenvalue weighted by molar-refractivity contribution is 5.02. The molecule has 1 N–H and O–H groups in total. The van der Waals surface area contributed by atoms with Crippen LogP contribution in [0.5, 0.6) is 0 Å². The van der Waals surface area contributed by atoms with Crippen molar-refractivity contribution in [3.63, 3.8) is 0 Å². The van der Waals surface area contributed by atoms with Crippen LogP contribution < -0.4 is 5.32 Å². The van der Waals surface area contributed by atoms with E-state index in [1.165, 1.54) is 12.8 Å². The number of piperazine rings is 1. The van der Waals surface area contributed by atoms with E-state index in [1.807, 2.05) is 0 Å². The lowest BCUT2D eigenvalue weighted by Crippen LogP contribution is -2.54. The summed E-state index contributed by atoms with van der Waals surface area (Å²) in [4.78, 5) is 2.50. The van der Waals surface area contributed by atoms with Gasteiger partial charge in [0.15, 0.2) is 0 Å². The maximum atomic E-state index is 5.59. The van der Waals surface area contributed by atoms with Crippen LogP contribution in [0.15, 0.2) is 0 Å². The summed E-state index contributed by atoms with van der Waals surface area (Å²) >= 11 is 0. The van der Waals surface area contributed by atoms with E-state index in [2.05, 4.69) is 30.0 Å². The summed E-state index contributed by atoms with van der Waals surface area (Å²) < 4.78 is 0. The lowest BCUT2D eigenvalue weighted by molar-refractivity contribution is 0.124. The Hall–Kier alpha value is -0.520. The molecule has 0 saturated carbocycles. The first-order valence-corrected chi connectivity index (χ1v) is 5.76. The van der Waals surface area contributed by atoms with Crippen LogP contribution >= 0.6 is 0 Å². The quantitative estimate of drug-likeness (QED) is 0.682. The van der Waals surface area contributed by atoms with Gasteiger partial charge in [0.1, 0.15) is 0 Å². The Balaban J connectivity index is 2.56. The van der Waals surface area contributed by atoms with Crippen LogP contribution in [0.4, 0.5) is 0 Å². The zero-order valence-electron chi connectivity index (χ0n) is 9.42.